The van der Waals surface area contributed by atoms with Crippen molar-refractivity contribution in [3.05, 3.63) is 108 Å². The minimum atomic E-state index is -0.744. The third kappa shape index (κ3) is 18.3. The molecule has 4 rings (SSSR count). The molecule has 0 unspecified atom stereocenters. The van der Waals surface area contributed by atoms with Crippen molar-refractivity contribution in [3.8, 4) is 0 Å². The molecule has 0 N–H and O–H groups in total. The Kier molecular flexibility index (Phi) is 24.3. The largest absolute Gasteiger partial charge is 0.379 e. The van der Waals surface area contributed by atoms with Crippen molar-refractivity contribution in [3.63, 3.8) is 0 Å². The van der Waals surface area contributed by atoms with E-state index in [-0.39, 0.29) is 19.3 Å². The Morgan fingerprint density at radius 2 is 0.982 bits per heavy atom. The number of unbranched alkanes of at least 4 members (excludes halogenated alkanes) is 13. The summed E-state index contributed by atoms with van der Waals surface area (Å²) in [6, 6.07) is 30.4. The van der Waals surface area contributed by atoms with Gasteiger partial charge in [0, 0.05) is 20.8 Å². The van der Waals surface area contributed by atoms with Crippen molar-refractivity contribution in [1.82, 2.24) is 0 Å². The van der Waals surface area contributed by atoms with Gasteiger partial charge in [0.1, 0.15) is 30.5 Å². The summed E-state index contributed by atoms with van der Waals surface area (Å²) in [6.07, 6.45) is 15.7. The van der Waals surface area contributed by atoms with E-state index in [1.165, 1.54) is 83.5 Å². The molecule has 8 nitrogen and oxygen atoms in total. The van der Waals surface area contributed by atoms with Crippen LogP contribution in [0.3, 0.4) is 0 Å². The molecule has 0 bridgehead atoms. The second kappa shape index (κ2) is 29.5. The first-order valence-corrected chi connectivity index (χ1v) is 21.5. The highest BCUT2D eigenvalue weighted by atomic mass is 16.7. The average Bonchev–Trinajstić information content (AvgIpc) is 3.24. The quantitative estimate of drug-likeness (QED) is 0.0581. The summed E-state index contributed by atoms with van der Waals surface area (Å²) in [5, 5.41) is 0. The molecule has 1 aliphatic rings. The third-order valence-electron chi connectivity index (χ3n) is 10.6. The topological polar surface area (TPSA) is 73.8 Å². The summed E-state index contributed by atoms with van der Waals surface area (Å²) < 4.78 is 50.7. The van der Waals surface area contributed by atoms with E-state index < -0.39 is 30.7 Å². The van der Waals surface area contributed by atoms with Crippen LogP contribution in [0.25, 0.3) is 0 Å². The number of ether oxygens (including phenoxy) is 8. The molecule has 0 spiro atoms. The average molecular weight is 777 g/mol. The Morgan fingerprint density at radius 3 is 1.48 bits per heavy atom. The van der Waals surface area contributed by atoms with Crippen LogP contribution in [0.2, 0.25) is 0 Å². The summed E-state index contributed by atoms with van der Waals surface area (Å²) in [6.45, 7) is 5.22. The van der Waals surface area contributed by atoms with Gasteiger partial charge in [-0.25, -0.2) is 0 Å². The lowest BCUT2D eigenvalue weighted by Crippen LogP contribution is -2.61. The smallest absolute Gasteiger partial charge is 0.187 e. The van der Waals surface area contributed by atoms with Crippen molar-refractivity contribution in [2.45, 2.75) is 153 Å². The molecule has 1 saturated heterocycles. The van der Waals surface area contributed by atoms with Gasteiger partial charge in [-0.15, -0.1) is 0 Å². The Morgan fingerprint density at radius 1 is 0.500 bits per heavy atom. The van der Waals surface area contributed by atoms with Crippen LogP contribution in [0, 0.1) is 0 Å². The van der Waals surface area contributed by atoms with E-state index in [4.69, 9.17) is 37.9 Å². The van der Waals surface area contributed by atoms with Gasteiger partial charge in [-0.05, 0) is 23.1 Å². The predicted molar refractivity (Wildman–Crippen MR) is 223 cm³/mol. The predicted octanol–water partition coefficient (Wildman–Crippen LogP) is 10.6. The number of hydrogen-bond acceptors (Lipinski definition) is 8. The van der Waals surface area contributed by atoms with Crippen molar-refractivity contribution in [1.29, 1.82) is 0 Å². The van der Waals surface area contributed by atoms with Crippen LogP contribution >= 0.6 is 0 Å². The normalized spacial score (nSPS) is 20.3. The van der Waals surface area contributed by atoms with Gasteiger partial charge in [0.15, 0.2) is 6.29 Å². The first kappa shape index (κ1) is 46.0. The molecule has 312 valence electrons. The Labute approximate surface area is 338 Å². The van der Waals surface area contributed by atoms with E-state index in [0.717, 1.165) is 29.7 Å². The number of benzene rings is 3. The number of methoxy groups -OCH3 is 2. The van der Waals surface area contributed by atoms with E-state index in [1.807, 2.05) is 54.6 Å². The minimum Gasteiger partial charge on any atom is -0.379 e. The molecule has 0 aliphatic carbocycles. The van der Waals surface area contributed by atoms with Crippen molar-refractivity contribution < 1.29 is 37.9 Å². The van der Waals surface area contributed by atoms with Gasteiger partial charge in [0.05, 0.1) is 39.6 Å². The van der Waals surface area contributed by atoms with Crippen molar-refractivity contribution in [2.24, 2.45) is 0 Å². The molecule has 0 aromatic heterocycles. The molecule has 3 aromatic carbocycles. The zero-order valence-electron chi connectivity index (χ0n) is 34.7. The zero-order valence-corrected chi connectivity index (χ0v) is 34.7. The lowest BCUT2D eigenvalue weighted by atomic mass is 9.98. The molecule has 3 aromatic rings. The second-order valence-electron chi connectivity index (χ2n) is 15.1. The van der Waals surface area contributed by atoms with Gasteiger partial charge in [-0.1, -0.05) is 181 Å². The molecule has 0 saturated carbocycles. The molecule has 0 amide bonds. The molecular weight excluding hydrogens is 705 g/mol. The maximum Gasteiger partial charge on any atom is 0.187 e. The molecule has 0 radical (unpaired) electrons. The number of rotatable bonds is 32. The van der Waals surface area contributed by atoms with Crippen LogP contribution in [0.15, 0.2) is 91.0 Å². The van der Waals surface area contributed by atoms with Crippen LogP contribution in [0.5, 0.6) is 0 Å². The van der Waals surface area contributed by atoms with Crippen molar-refractivity contribution >= 4 is 0 Å². The molecule has 1 fully saturated rings. The molecule has 1 aliphatic heterocycles. The van der Waals surface area contributed by atoms with Gasteiger partial charge < -0.3 is 37.9 Å². The summed E-state index contributed by atoms with van der Waals surface area (Å²) in [5.41, 5.74) is 3.20. The molecule has 56 heavy (non-hydrogen) atoms. The summed E-state index contributed by atoms with van der Waals surface area (Å²) >= 11 is 0. The Hall–Kier alpha value is -2.66. The highest BCUT2D eigenvalue weighted by Gasteiger charge is 2.49. The Balaban J connectivity index is 1.26. The van der Waals surface area contributed by atoms with E-state index in [2.05, 4.69) is 43.3 Å². The van der Waals surface area contributed by atoms with Gasteiger partial charge in [0.2, 0.25) is 0 Å². The lowest BCUT2D eigenvalue weighted by Gasteiger charge is -2.45. The fourth-order valence-electron chi connectivity index (χ4n) is 7.19. The van der Waals surface area contributed by atoms with Crippen LogP contribution in [0.1, 0.15) is 114 Å². The highest BCUT2D eigenvalue weighted by molar-refractivity contribution is 5.15. The summed E-state index contributed by atoms with van der Waals surface area (Å²) in [5.74, 6) is 0. The molecular formula is C48H72O8. The molecule has 1 heterocycles. The van der Waals surface area contributed by atoms with Crippen molar-refractivity contribution in [2.75, 3.05) is 40.6 Å². The van der Waals surface area contributed by atoms with Gasteiger partial charge >= 0.3 is 0 Å². The van der Waals surface area contributed by atoms with Crippen LogP contribution in [-0.4, -0.2) is 77.5 Å². The zero-order chi connectivity index (χ0) is 39.3. The van der Waals surface area contributed by atoms with Crippen LogP contribution in [0.4, 0.5) is 0 Å². The van der Waals surface area contributed by atoms with E-state index >= 15 is 0 Å². The highest BCUT2D eigenvalue weighted by Crippen LogP contribution is 2.31. The van der Waals surface area contributed by atoms with E-state index in [9.17, 15) is 0 Å². The second-order valence-corrected chi connectivity index (χ2v) is 15.1. The fraction of sp³-hybridized carbons (Fsp3) is 0.625. The van der Waals surface area contributed by atoms with E-state index in [1.54, 1.807) is 14.2 Å². The Bertz CT molecular complexity index is 1330. The minimum absolute atomic E-state index is 0.258. The van der Waals surface area contributed by atoms with Crippen LogP contribution < -0.4 is 0 Å². The van der Waals surface area contributed by atoms with E-state index in [0.29, 0.717) is 26.4 Å². The first-order valence-electron chi connectivity index (χ1n) is 21.5. The summed E-state index contributed by atoms with van der Waals surface area (Å²) in [7, 11) is 3.36. The third-order valence-corrected chi connectivity index (χ3v) is 10.6. The maximum absolute atomic E-state index is 6.67. The standard InChI is InChI=1S/C48H72O8/c1-4-5-6-7-8-9-10-11-12-13-14-15-16-26-33-51-37-43(49-2)38-55-48-47(50-3)46(54-36-42-31-24-19-25-32-42)45(53-35-41-29-22-18-23-30-41)44(56-48)39-52-34-40-27-20-17-21-28-40/h17-25,27-32,43-48H,4-16,26,33-39H2,1-3H3/t43-,44-,45-,46+,47+,48+/m1/s1. The molecule has 6 atom stereocenters. The fourth-order valence-corrected chi connectivity index (χ4v) is 7.19. The molecule has 8 heteroatoms. The van der Waals surface area contributed by atoms with Crippen LogP contribution in [-0.2, 0) is 57.7 Å². The van der Waals surface area contributed by atoms with Gasteiger partial charge in [0.25, 0.3) is 0 Å². The maximum atomic E-state index is 6.67. The number of hydrogen-bond donors (Lipinski definition) is 0. The van der Waals surface area contributed by atoms with Gasteiger partial charge in [-0.2, -0.15) is 0 Å². The monoisotopic (exact) mass is 777 g/mol. The van der Waals surface area contributed by atoms with Gasteiger partial charge in [-0.3, -0.25) is 0 Å². The first-order chi connectivity index (χ1) is 27.7. The SMILES string of the molecule is CCCCCCCCCCCCCCCCOC[C@H](CO[C@H]1O[C@H](COCc2ccccc2)[C@@H](OCc2ccccc2)[C@H](OCc2ccccc2)[C@@H]1OC)OC. The lowest BCUT2D eigenvalue weighted by molar-refractivity contribution is -0.326. The summed E-state index contributed by atoms with van der Waals surface area (Å²) in [4.78, 5) is 0.